The predicted molar refractivity (Wildman–Crippen MR) is 116 cm³/mol. The second-order valence-electron chi connectivity index (χ2n) is 7.02. The molecule has 1 aliphatic rings. The first kappa shape index (κ1) is 19.0. The lowest BCUT2D eigenvalue weighted by molar-refractivity contribution is 0.410. The number of hydrogen-bond acceptors (Lipinski definition) is 7. The summed E-state index contributed by atoms with van der Waals surface area (Å²) in [5, 5.41) is 14.7. The minimum absolute atomic E-state index is 0.473. The van der Waals surface area contributed by atoms with Gasteiger partial charge in [-0.25, -0.2) is 0 Å². The Bertz CT molecular complexity index is 925. The molecular formula is C22H26N6O. The number of hydrogen-bond donors (Lipinski definition) is 2. The van der Waals surface area contributed by atoms with E-state index in [0.717, 1.165) is 43.1 Å². The average molecular weight is 390 g/mol. The molecule has 150 valence electrons. The number of aromatic nitrogens is 3. The Labute approximate surface area is 171 Å². The number of anilines is 4. The topological polar surface area (TPSA) is 75.2 Å². The van der Waals surface area contributed by atoms with Crippen molar-refractivity contribution in [2.75, 3.05) is 42.3 Å². The van der Waals surface area contributed by atoms with Gasteiger partial charge in [-0.3, -0.25) is 0 Å². The number of nitrogens with one attached hydrogen (secondary N) is 2. The number of ether oxygens (including phenoxy) is 1. The Morgan fingerprint density at radius 3 is 2.62 bits per heavy atom. The van der Waals surface area contributed by atoms with Crippen molar-refractivity contribution >= 4 is 23.1 Å². The average Bonchev–Trinajstić information content (AvgIpc) is 3.30. The summed E-state index contributed by atoms with van der Waals surface area (Å²) >= 11 is 0. The molecule has 1 aromatic heterocycles. The quantitative estimate of drug-likeness (QED) is 0.604. The molecule has 0 spiro atoms. The Morgan fingerprint density at radius 1 is 1.03 bits per heavy atom. The van der Waals surface area contributed by atoms with Gasteiger partial charge in [0.25, 0.3) is 0 Å². The van der Waals surface area contributed by atoms with Crippen molar-refractivity contribution < 1.29 is 4.74 Å². The van der Waals surface area contributed by atoms with E-state index in [1.165, 1.54) is 18.5 Å². The molecule has 0 saturated carbocycles. The summed E-state index contributed by atoms with van der Waals surface area (Å²) in [5.41, 5.74) is 3.36. The molecule has 0 bridgehead atoms. The molecule has 1 aliphatic heterocycles. The van der Waals surface area contributed by atoms with Crippen LogP contribution in [0.1, 0.15) is 18.4 Å². The minimum Gasteiger partial charge on any atom is -0.496 e. The fourth-order valence-electron chi connectivity index (χ4n) is 3.54. The van der Waals surface area contributed by atoms with Gasteiger partial charge in [-0.2, -0.15) is 10.1 Å². The molecule has 7 nitrogen and oxygen atoms in total. The number of nitrogens with zero attached hydrogens (tertiary/aromatic N) is 4. The Morgan fingerprint density at radius 2 is 1.83 bits per heavy atom. The van der Waals surface area contributed by atoms with E-state index in [1.54, 1.807) is 13.3 Å². The van der Waals surface area contributed by atoms with Crippen LogP contribution in [0.2, 0.25) is 0 Å². The molecule has 0 unspecified atom stereocenters. The highest BCUT2D eigenvalue weighted by molar-refractivity contribution is 5.60. The summed E-state index contributed by atoms with van der Waals surface area (Å²) in [4.78, 5) is 6.92. The number of methoxy groups -OCH3 is 1. The van der Waals surface area contributed by atoms with Crippen molar-refractivity contribution in [3.8, 4) is 5.75 Å². The van der Waals surface area contributed by atoms with Gasteiger partial charge in [0.2, 0.25) is 5.95 Å². The van der Waals surface area contributed by atoms with Crippen LogP contribution < -0.4 is 20.3 Å². The summed E-state index contributed by atoms with van der Waals surface area (Å²) in [6.07, 6.45) is 5.01. The van der Waals surface area contributed by atoms with Crippen molar-refractivity contribution in [1.82, 2.24) is 15.2 Å². The highest BCUT2D eigenvalue weighted by atomic mass is 16.5. The smallest absolute Gasteiger partial charge is 0.249 e. The molecule has 0 atom stereocenters. The molecule has 0 aliphatic carbocycles. The molecule has 2 heterocycles. The third kappa shape index (κ3) is 4.93. The van der Waals surface area contributed by atoms with Crippen LogP contribution in [-0.4, -0.2) is 41.9 Å². The van der Waals surface area contributed by atoms with E-state index >= 15 is 0 Å². The summed E-state index contributed by atoms with van der Waals surface area (Å²) < 4.78 is 5.40. The lowest BCUT2D eigenvalue weighted by atomic mass is 10.1. The van der Waals surface area contributed by atoms with E-state index in [1.807, 2.05) is 18.2 Å². The van der Waals surface area contributed by atoms with Crippen LogP contribution in [0.4, 0.5) is 23.1 Å². The van der Waals surface area contributed by atoms with Gasteiger partial charge < -0.3 is 20.3 Å². The fraction of sp³-hybridized carbons (Fsp3) is 0.318. The lowest BCUT2D eigenvalue weighted by Gasteiger charge is -2.17. The van der Waals surface area contributed by atoms with Crippen LogP contribution in [-0.2, 0) is 6.42 Å². The maximum absolute atomic E-state index is 5.40. The molecule has 0 amide bonds. The summed E-state index contributed by atoms with van der Waals surface area (Å²) in [5.74, 6) is 2.06. The van der Waals surface area contributed by atoms with Crippen molar-refractivity contribution in [1.29, 1.82) is 0 Å². The largest absolute Gasteiger partial charge is 0.496 e. The molecule has 2 N–H and O–H groups in total. The van der Waals surface area contributed by atoms with E-state index in [9.17, 15) is 0 Å². The molecule has 7 heteroatoms. The number of benzene rings is 2. The van der Waals surface area contributed by atoms with Crippen LogP contribution in [0.25, 0.3) is 0 Å². The summed E-state index contributed by atoms with van der Waals surface area (Å²) in [6.45, 7) is 3.01. The molecule has 4 rings (SSSR count). The van der Waals surface area contributed by atoms with E-state index < -0.39 is 0 Å². The van der Waals surface area contributed by atoms with E-state index in [0.29, 0.717) is 11.8 Å². The van der Waals surface area contributed by atoms with Gasteiger partial charge >= 0.3 is 0 Å². The Balaban J connectivity index is 1.33. The van der Waals surface area contributed by atoms with Crippen LogP contribution in [0.15, 0.2) is 54.7 Å². The second-order valence-corrected chi connectivity index (χ2v) is 7.02. The molecule has 1 saturated heterocycles. The van der Waals surface area contributed by atoms with Crippen LogP contribution in [0.5, 0.6) is 5.75 Å². The van der Waals surface area contributed by atoms with E-state index in [2.05, 4.69) is 61.0 Å². The fourth-order valence-corrected chi connectivity index (χ4v) is 3.54. The zero-order valence-electron chi connectivity index (χ0n) is 16.6. The lowest BCUT2D eigenvalue weighted by Crippen LogP contribution is -2.17. The SMILES string of the molecule is COc1ccccc1CCNc1cnnc(Nc2ccc(N3CCCC3)cc2)n1. The molecule has 3 aromatic rings. The third-order valence-electron chi connectivity index (χ3n) is 5.05. The molecule has 1 fully saturated rings. The van der Waals surface area contributed by atoms with Gasteiger partial charge in [-0.05, 0) is 55.2 Å². The highest BCUT2D eigenvalue weighted by Crippen LogP contribution is 2.23. The van der Waals surface area contributed by atoms with Crippen LogP contribution in [0, 0.1) is 0 Å². The molecule has 0 radical (unpaired) electrons. The zero-order valence-corrected chi connectivity index (χ0v) is 16.6. The first-order valence-corrected chi connectivity index (χ1v) is 9.99. The first-order valence-electron chi connectivity index (χ1n) is 9.99. The maximum atomic E-state index is 5.40. The van der Waals surface area contributed by atoms with Gasteiger partial charge in [-0.1, -0.05) is 18.2 Å². The molecular weight excluding hydrogens is 364 g/mol. The normalized spacial score (nSPS) is 13.3. The second kappa shape index (κ2) is 9.23. The minimum atomic E-state index is 0.473. The monoisotopic (exact) mass is 390 g/mol. The van der Waals surface area contributed by atoms with Gasteiger partial charge in [0.05, 0.1) is 13.3 Å². The van der Waals surface area contributed by atoms with Crippen molar-refractivity contribution in [3.63, 3.8) is 0 Å². The van der Waals surface area contributed by atoms with Crippen LogP contribution in [0.3, 0.4) is 0 Å². The van der Waals surface area contributed by atoms with Crippen molar-refractivity contribution in [2.45, 2.75) is 19.3 Å². The van der Waals surface area contributed by atoms with Gasteiger partial charge in [-0.15, -0.1) is 5.10 Å². The highest BCUT2D eigenvalue weighted by Gasteiger charge is 2.12. The summed E-state index contributed by atoms with van der Waals surface area (Å²) in [6, 6.07) is 16.4. The first-order chi connectivity index (χ1) is 14.3. The van der Waals surface area contributed by atoms with Crippen LogP contribution >= 0.6 is 0 Å². The standard InChI is InChI=1S/C22H26N6O/c1-29-20-7-3-2-6-17(20)12-13-23-21-16-24-27-22(26-21)25-18-8-10-19(11-9-18)28-14-4-5-15-28/h2-3,6-11,16H,4-5,12-15H2,1H3,(H2,23,25,26,27). The van der Waals surface area contributed by atoms with E-state index in [-0.39, 0.29) is 0 Å². The zero-order chi connectivity index (χ0) is 19.9. The molecule has 29 heavy (non-hydrogen) atoms. The number of para-hydroxylation sites is 1. The maximum Gasteiger partial charge on any atom is 0.249 e. The van der Waals surface area contributed by atoms with E-state index in [4.69, 9.17) is 4.74 Å². The van der Waals surface area contributed by atoms with Gasteiger partial charge in [0.1, 0.15) is 5.75 Å². The predicted octanol–water partition coefficient (Wildman–Crippen LogP) is 3.88. The molecule has 2 aromatic carbocycles. The summed E-state index contributed by atoms with van der Waals surface area (Å²) in [7, 11) is 1.69. The van der Waals surface area contributed by atoms with Gasteiger partial charge in [0.15, 0.2) is 5.82 Å². The van der Waals surface area contributed by atoms with Crippen molar-refractivity contribution in [2.24, 2.45) is 0 Å². The van der Waals surface area contributed by atoms with Crippen molar-refractivity contribution in [3.05, 3.63) is 60.3 Å². The Kier molecular flexibility index (Phi) is 6.04. The third-order valence-corrected chi connectivity index (χ3v) is 5.05. The number of rotatable bonds is 8. The Hall–Kier alpha value is -3.35. The van der Waals surface area contributed by atoms with Gasteiger partial charge in [0, 0.05) is 31.0 Å².